The minimum atomic E-state index is -0.0706. The van der Waals surface area contributed by atoms with Gasteiger partial charge < -0.3 is 14.7 Å². The highest BCUT2D eigenvalue weighted by molar-refractivity contribution is 5.97. The van der Waals surface area contributed by atoms with E-state index in [2.05, 4.69) is 15.5 Å². The van der Waals surface area contributed by atoms with Gasteiger partial charge in [0.2, 0.25) is 0 Å². The topological polar surface area (TPSA) is 88.3 Å². The fraction of sp³-hybridized carbons (Fsp3) is 0.364. The molecule has 0 aliphatic carbocycles. The molecule has 2 amide bonds. The van der Waals surface area contributed by atoms with Gasteiger partial charge in [0.25, 0.3) is 17.5 Å². The molecule has 7 heteroatoms. The average molecular weight is 392 g/mol. The number of nitrogens with one attached hydrogen (secondary N) is 1. The maximum atomic E-state index is 12.9. The molecule has 1 N–H and O–H groups in total. The van der Waals surface area contributed by atoms with E-state index in [1.807, 2.05) is 43.0 Å². The second-order valence-electron chi connectivity index (χ2n) is 7.71. The summed E-state index contributed by atoms with van der Waals surface area (Å²) in [5, 5.41) is 7.92. The zero-order valence-corrected chi connectivity index (χ0v) is 16.6. The van der Waals surface area contributed by atoms with Crippen molar-refractivity contribution in [1.29, 1.82) is 0 Å². The zero-order chi connectivity index (χ0) is 20.4. The molecule has 1 aliphatic rings. The summed E-state index contributed by atoms with van der Waals surface area (Å²) in [5.74, 6) is 0.0641. The quantitative estimate of drug-likeness (QED) is 0.735. The summed E-state index contributed by atoms with van der Waals surface area (Å²) in [6, 6.07) is 11.1. The van der Waals surface area contributed by atoms with Crippen LogP contribution in [0, 0.1) is 0 Å². The van der Waals surface area contributed by atoms with Crippen molar-refractivity contribution in [3.63, 3.8) is 0 Å². The van der Waals surface area contributed by atoms with E-state index in [1.54, 1.807) is 18.3 Å². The van der Waals surface area contributed by atoms with Gasteiger partial charge in [-0.1, -0.05) is 37.2 Å². The number of benzene rings is 1. The fourth-order valence-corrected chi connectivity index (χ4v) is 3.65. The lowest BCUT2D eigenvalue weighted by molar-refractivity contribution is 0.0698. The molecule has 3 heterocycles. The van der Waals surface area contributed by atoms with E-state index >= 15 is 0 Å². The van der Waals surface area contributed by atoms with Crippen LogP contribution in [0.5, 0.6) is 0 Å². The Morgan fingerprint density at radius 3 is 2.55 bits per heavy atom. The third-order valence-electron chi connectivity index (χ3n) is 5.30. The first-order valence-electron chi connectivity index (χ1n) is 9.93. The molecule has 150 valence electrons. The van der Waals surface area contributed by atoms with Crippen molar-refractivity contribution >= 4 is 22.9 Å². The molecule has 29 heavy (non-hydrogen) atoms. The lowest BCUT2D eigenvalue weighted by Crippen LogP contribution is -2.46. The van der Waals surface area contributed by atoms with Crippen molar-refractivity contribution in [2.75, 3.05) is 13.1 Å². The second-order valence-corrected chi connectivity index (χ2v) is 7.71. The maximum absolute atomic E-state index is 12.9. The van der Waals surface area contributed by atoms with E-state index in [-0.39, 0.29) is 23.8 Å². The largest absolute Gasteiger partial charge is 0.349 e. The normalized spacial score (nSPS) is 15.1. The van der Waals surface area contributed by atoms with Crippen molar-refractivity contribution in [3.05, 3.63) is 59.4 Å². The Morgan fingerprint density at radius 1 is 1.14 bits per heavy atom. The van der Waals surface area contributed by atoms with Gasteiger partial charge >= 0.3 is 0 Å². The molecule has 1 aliphatic heterocycles. The third-order valence-corrected chi connectivity index (χ3v) is 5.30. The van der Waals surface area contributed by atoms with Crippen LogP contribution in [0.15, 0.2) is 47.1 Å². The number of aromatic nitrogens is 2. The lowest BCUT2D eigenvalue weighted by atomic mass is 10.0. The van der Waals surface area contributed by atoms with Gasteiger partial charge in [-0.25, -0.2) is 4.98 Å². The number of hydrogen-bond acceptors (Lipinski definition) is 5. The monoisotopic (exact) mass is 392 g/mol. The summed E-state index contributed by atoms with van der Waals surface area (Å²) >= 11 is 0. The van der Waals surface area contributed by atoms with Crippen LogP contribution < -0.4 is 5.32 Å². The highest BCUT2D eigenvalue weighted by Gasteiger charge is 2.26. The van der Waals surface area contributed by atoms with Crippen molar-refractivity contribution in [2.24, 2.45) is 0 Å². The number of nitrogens with zero attached hydrogens (tertiary/aromatic N) is 3. The summed E-state index contributed by atoms with van der Waals surface area (Å²) in [4.78, 5) is 31.3. The smallest absolute Gasteiger partial charge is 0.257 e. The van der Waals surface area contributed by atoms with Gasteiger partial charge in [-0.05, 0) is 37.0 Å². The number of fused-ring (bicyclic) bond motifs is 1. The average Bonchev–Trinajstić information content (AvgIpc) is 3.18. The molecule has 3 aromatic rings. The molecule has 2 aromatic heterocycles. The Labute approximate surface area is 169 Å². The van der Waals surface area contributed by atoms with E-state index < -0.39 is 0 Å². The van der Waals surface area contributed by atoms with Crippen LogP contribution in [0.3, 0.4) is 0 Å². The molecule has 0 unspecified atom stereocenters. The van der Waals surface area contributed by atoms with Gasteiger partial charge in [0.1, 0.15) is 0 Å². The number of carbonyl (C=O) groups excluding carboxylic acids is 2. The predicted molar refractivity (Wildman–Crippen MR) is 109 cm³/mol. The predicted octanol–water partition coefficient (Wildman–Crippen LogP) is 3.38. The summed E-state index contributed by atoms with van der Waals surface area (Å²) in [7, 11) is 0. The molecule has 0 spiro atoms. The second kappa shape index (κ2) is 8.03. The highest BCUT2D eigenvalue weighted by Crippen LogP contribution is 2.25. The number of carbonyl (C=O) groups is 2. The molecule has 7 nitrogen and oxygen atoms in total. The maximum Gasteiger partial charge on any atom is 0.257 e. The van der Waals surface area contributed by atoms with E-state index in [1.165, 1.54) is 0 Å². The van der Waals surface area contributed by atoms with Crippen LogP contribution in [0.4, 0.5) is 0 Å². The van der Waals surface area contributed by atoms with Crippen molar-refractivity contribution in [1.82, 2.24) is 20.4 Å². The molecule has 0 atom stereocenters. The van der Waals surface area contributed by atoms with Gasteiger partial charge in [0.15, 0.2) is 0 Å². The van der Waals surface area contributed by atoms with Crippen LogP contribution >= 0.6 is 0 Å². The molecule has 0 bridgehead atoms. The Morgan fingerprint density at radius 2 is 1.86 bits per heavy atom. The van der Waals surface area contributed by atoms with Crippen molar-refractivity contribution in [2.45, 2.75) is 38.6 Å². The molecular formula is C22H24N4O3. The van der Waals surface area contributed by atoms with Gasteiger partial charge in [-0.15, -0.1) is 0 Å². The van der Waals surface area contributed by atoms with Crippen molar-refractivity contribution < 1.29 is 14.1 Å². The van der Waals surface area contributed by atoms with E-state index in [9.17, 15) is 9.59 Å². The van der Waals surface area contributed by atoms with Crippen LogP contribution in [0.25, 0.3) is 11.1 Å². The first kappa shape index (κ1) is 19.1. The molecular weight excluding hydrogens is 368 g/mol. The zero-order valence-electron chi connectivity index (χ0n) is 16.6. The lowest BCUT2D eigenvalue weighted by Gasteiger charge is -2.32. The Kier molecular flexibility index (Phi) is 5.29. The molecule has 4 rings (SSSR count). The fourth-order valence-electron chi connectivity index (χ4n) is 3.65. The Balaban J connectivity index is 1.39. The summed E-state index contributed by atoms with van der Waals surface area (Å²) in [6.07, 6.45) is 3.00. The minimum absolute atomic E-state index is 0.0526. The van der Waals surface area contributed by atoms with E-state index in [0.29, 0.717) is 29.9 Å². The van der Waals surface area contributed by atoms with Gasteiger partial charge in [0, 0.05) is 30.9 Å². The minimum Gasteiger partial charge on any atom is -0.349 e. The summed E-state index contributed by atoms with van der Waals surface area (Å²) in [6.45, 7) is 5.25. The molecule has 1 saturated heterocycles. The van der Waals surface area contributed by atoms with Gasteiger partial charge in [0.05, 0.1) is 16.6 Å². The molecule has 0 radical (unpaired) electrons. The summed E-state index contributed by atoms with van der Waals surface area (Å²) < 4.78 is 5.25. The molecule has 1 fully saturated rings. The standard InChI is InChI=1S/C22H24N4O3/c1-14(2)19-18-12-16(13-23-21(18)29-25-19)22(28)26-10-8-17(9-11-26)24-20(27)15-6-4-3-5-7-15/h3-7,12-14,17H,8-11H2,1-2H3,(H,24,27). The Bertz CT molecular complexity index is 1020. The summed E-state index contributed by atoms with van der Waals surface area (Å²) in [5.41, 5.74) is 2.45. The van der Waals surface area contributed by atoms with Crippen LogP contribution in [-0.2, 0) is 0 Å². The molecule has 0 saturated carbocycles. The van der Waals surface area contributed by atoms with E-state index in [4.69, 9.17) is 4.52 Å². The Hall–Kier alpha value is -3.22. The first-order valence-corrected chi connectivity index (χ1v) is 9.93. The highest BCUT2D eigenvalue weighted by atomic mass is 16.5. The number of hydrogen-bond donors (Lipinski definition) is 1. The van der Waals surface area contributed by atoms with Crippen LogP contribution in [0.1, 0.15) is 59.0 Å². The van der Waals surface area contributed by atoms with Crippen molar-refractivity contribution in [3.8, 4) is 0 Å². The number of piperidine rings is 1. The number of amides is 2. The number of pyridine rings is 1. The number of likely N-dealkylation sites (tertiary alicyclic amines) is 1. The van der Waals surface area contributed by atoms with Crippen LogP contribution in [-0.4, -0.2) is 46.0 Å². The van der Waals surface area contributed by atoms with E-state index in [0.717, 1.165) is 23.9 Å². The third kappa shape index (κ3) is 3.99. The van der Waals surface area contributed by atoms with Crippen LogP contribution in [0.2, 0.25) is 0 Å². The number of rotatable bonds is 4. The SMILES string of the molecule is CC(C)c1noc2ncc(C(=O)N3CCC(NC(=O)c4ccccc4)CC3)cc12. The van der Waals surface area contributed by atoms with Gasteiger partial charge in [-0.2, -0.15) is 0 Å². The first-order chi connectivity index (χ1) is 14.0. The molecule has 1 aromatic carbocycles. The van der Waals surface area contributed by atoms with Gasteiger partial charge in [-0.3, -0.25) is 9.59 Å².